The molecule has 0 aromatic heterocycles. The first kappa shape index (κ1) is 12.8. The molecule has 4 atom stereocenters. The maximum atomic E-state index is 12.2. The van der Waals surface area contributed by atoms with Crippen molar-refractivity contribution in [1.29, 1.82) is 0 Å². The van der Waals surface area contributed by atoms with Crippen LogP contribution in [0.4, 0.5) is 0 Å². The lowest BCUT2D eigenvalue weighted by Crippen LogP contribution is -2.32. The molecule has 0 heterocycles. The third kappa shape index (κ3) is 2.41. The zero-order chi connectivity index (χ0) is 12.5. The average Bonchev–Trinajstić information content (AvgIpc) is 2.95. The summed E-state index contributed by atoms with van der Waals surface area (Å²) >= 11 is 5.98. The van der Waals surface area contributed by atoms with Crippen molar-refractivity contribution in [3.63, 3.8) is 0 Å². The molecule has 0 aromatic rings. The molecule has 3 aliphatic carbocycles. The summed E-state index contributed by atoms with van der Waals surface area (Å²) in [6, 6.07) is 0. The van der Waals surface area contributed by atoms with E-state index in [9.17, 15) is 4.79 Å². The third-order valence-electron chi connectivity index (χ3n) is 5.51. The van der Waals surface area contributed by atoms with Gasteiger partial charge in [-0.1, -0.05) is 19.3 Å². The van der Waals surface area contributed by atoms with Crippen molar-refractivity contribution in [2.45, 2.75) is 44.9 Å². The molecular formula is C15H24ClNO. The van der Waals surface area contributed by atoms with E-state index in [0.29, 0.717) is 23.7 Å². The summed E-state index contributed by atoms with van der Waals surface area (Å²) in [6.07, 6.45) is 9.03. The number of alkyl halides is 1. The van der Waals surface area contributed by atoms with Gasteiger partial charge in [0, 0.05) is 18.3 Å². The Morgan fingerprint density at radius 1 is 1.00 bits per heavy atom. The van der Waals surface area contributed by atoms with E-state index in [1.807, 2.05) is 0 Å². The number of halogens is 1. The van der Waals surface area contributed by atoms with Gasteiger partial charge in [-0.25, -0.2) is 0 Å². The Balaban J connectivity index is 1.45. The molecule has 2 nitrogen and oxygen atoms in total. The number of carbonyl (C=O) groups is 1. The van der Waals surface area contributed by atoms with E-state index < -0.39 is 0 Å². The van der Waals surface area contributed by atoms with Gasteiger partial charge in [-0.2, -0.15) is 0 Å². The van der Waals surface area contributed by atoms with Gasteiger partial charge in [0.15, 0.2) is 0 Å². The van der Waals surface area contributed by atoms with Gasteiger partial charge in [-0.05, 0) is 49.4 Å². The molecule has 0 saturated heterocycles. The van der Waals surface area contributed by atoms with Crippen LogP contribution in [0.15, 0.2) is 0 Å². The van der Waals surface area contributed by atoms with Gasteiger partial charge in [-0.15, -0.1) is 11.6 Å². The van der Waals surface area contributed by atoms with Gasteiger partial charge in [0.25, 0.3) is 0 Å². The summed E-state index contributed by atoms with van der Waals surface area (Å²) in [7, 11) is 0. The zero-order valence-corrected chi connectivity index (χ0v) is 11.8. The summed E-state index contributed by atoms with van der Waals surface area (Å²) in [5.74, 6) is 4.18. The van der Waals surface area contributed by atoms with Crippen LogP contribution in [0.3, 0.4) is 0 Å². The molecule has 3 saturated carbocycles. The lowest BCUT2D eigenvalue weighted by atomic mass is 9.98. The molecule has 3 aliphatic rings. The minimum atomic E-state index is 0.340. The Bertz CT molecular complexity index is 308. The Hall–Kier alpha value is -0.240. The monoisotopic (exact) mass is 269 g/mol. The molecule has 1 N–H and O–H groups in total. The Labute approximate surface area is 115 Å². The minimum Gasteiger partial charge on any atom is -0.356 e. The molecule has 18 heavy (non-hydrogen) atoms. The van der Waals surface area contributed by atoms with Crippen LogP contribution < -0.4 is 5.32 Å². The lowest BCUT2D eigenvalue weighted by molar-refractivity contribution is -0.123. The average molecular weight is 270 g/mol. The molecule has 1 amide bonds. The van der Waals surface area contributed by atoms with Crippen molar-refractivity contribution in [2.75, 3.05) is 12.4 Å². The number of amides is 1. The molecule has 0 spiro atoms. The van der Waals surface area contributed by atoms with E-state index in [2.05, 4.69) is 5.32 Å². The quantitative estimate of drug-likeness (QED) is 0.781. The first-order chi connectivity index (χ1) is 8.81. The molecule has 4 unspecified atom stereocenters. The van der Waals surface area contributed by atoms with E-state index in [1.165, 1.54) is 44.9 Å². The highest BCUT2D eigenvalue weighted by Crippen LogP contribution is 2.55. The summed E-state index contributed by atoms with van der Waals surface area (Å²) in [4.78, 5) is 12.2. The van der Waals surface area contributed by atoms with Crippen LogP contribution in [0.5, 0.6) is 0 Å². The Morgan fingerprint density at radius 3 is 2.33 bits per heavy atom. The van der Waals surface area contributed by atoms with Crippen LogP contribution in [0.25, 0.3) is 0 Å². The highest BCUT2D eigenvalue weighted by atomic mass is 35.5. The van der Waals surface area contributed by atoms with E-state index in [0.717, 1.165) is 24.3 Å². The third-order valence-corrected chi connectivity index (χ3v) is 5.91. The molecule has 0 aromatic carbocycles. The highest BCUT2D eigenvalue weighted by Gasteiger charge is 2.54. The van der Waals surface area contributed by atoms with Crippen molar-refractivity contribution in [3.05, 3.63) is 0 Å². The summed E-state index contributed by atoms with van der Waals surface area (Å²) in [5.41, 5.74) is 0. The van der Waals surface area contributed by atoms with Crippen molar-refractivity contribution in [1.82, 2.24) is 5.32 Å². The second kappa shape index (κ2) is 5.40. The number of rotatable bonds is 4. The number of hydrogen-bond acceptors (Lipinski definition) is 1. The fourth-order valence-corrected chi connectivity index (χ4v) is 4.72. The number of nitrogens with one attached hydrogen (secondary N) is 1. The number of carbonyl (C=O) groups excluding carboxylic acids is 1. The smallest absolute Gasteiger partial charge is 0.223 e. The Kier molecular flexibility index (Phi) is 3.83. The highest BCUT2D eigenvalue weighted by molar-refractivity contribution is 6.18. The van der Waals surface area contributed by atoms with Crippen LogP contribution >= 0.6 is 11.6 Å². The molecule has 102 valence electrons. The number of hydrogen-bond donors (Lipinski definition) is 1. The summed E-state index contributed by atoms with van der Waals surface area (Å²) < 4.78 is 0. The maximum absolute atomic E-state index is 12.2. The largest absolute Gasteiger partial charge is 0.356 e. The van der Waals surface area contributed by atoms with Gasteiger partial charge >= 0.3 is 0 Å². The Morgan fingerprint density at radius 2 is 1.67 bits per heavy atom. The van der Waals surface area contributed by atoms with Gasteiger partial charge in [-0.3, -0.25) is 4.79 Å². The molecule has 3 fully saturated rings. The van der Waals surface area contributed by atoms with E-state index >= 15 is 0 Å². The SMILES string of the molecule is O=C(NCC1CCCC1CCl)C1C2CCCCC21. The van der Waals surface area contributed by atoms with Crippen molar-refractivity contribution >= 4 is 17.5 Å². The summed E-state index contributed by atoms with van der Waals surface area (Å²) in [5, 5.41) is 3.21. The molecule has 0 bridgehead atoms. The molecule has 3 rings (SSSR count). The first-order valence-electron chi connectivity index (χ1n) is 7.65. The van der Waals surface area contributed by atoms with Gasteiger partial charge < -0.3 is 5.32 Å². The topological polar surface area (TPSA) is 29.1 Å². The van der Waals surface area contributed by atoms with Crippen LogP contribution in [-0.2, 0) is 4.79 Å². The zero-order valence-electron chi connectivity index (χ0n) is 11.0. The molecular weight excluding hydrogens is 246 g/mol. The number of fused-ring (bicyclic) bond motifs is 1. The maximum Gasteiger partial charge on any atom is 0.223 e. The van der Waals surface area contributed by atoms with E-state index in [-0.39, 0.29) is 0 Å². The standard InChI is InChI=1S/C15H24ClNO/c16-8-10-4-3-5-11(10)9-17-15(18)14-12-6-1-2-7-13(12)14/h10-14H,1-9H2,(H,17,18). The second-order valence-corrected chi connectivity index (χ2v) is 6.80. The van der Waals surface area contributed by atoms with Crippen molar-refractivity contribution in [3.8, 4) is 0 Å². The second-order valence-electron chi connectivity index (χ2n) is 6.49. The van der Waals surface area contributed by atoms with E-state index in [1.54, 1.807) is 0 Å². The fourth-order valence-electron chi connectivity index (χ4n) is 4.32. The normalized spacial score (nSPS) is 42.4. The van der Waals surface area contributed by atoms with Gasteiger partial charge in [0.1, 0.15) is 0 Å². The predicted molar refractivity (Wildman–Crippen MR) is 73.5 cm³/mol. The van der Waals surface area contributed by atoms with E-state index in [4.69, 9.17) is 11.6 Å². The predicted octanol–water partition coefficient (Wildman–Crippen LogP) is 3.19. The van der Waals surface area contributed by atoms with Gasteiger partial charge in [0.2, 0.25) is 5.91 Å². The van der Waals surface area contributed by atoms with Gasteiger partial charge in [0.05, 0.1) is 0 Å². The van der Waals surface area contributed by atoms with Crippen LogP contribution in [0, 0.1) is 29.6 Å². The first-order valence-corrected chi connectivity index (χ1v) is 8.18. The minimum absolute atomic E-state index is 0.340. The molecule has 0 radical (unpaired) electrons. The fraction of sp³-hybridized carbons (Fsp3) is 0.933. The summed E-state index contributed by atoms with van der Waals surface area (Å²) in [6.45, 7) is 0.867. The van der Waals surface area contributed by atoms with Crippen LogP contribution in [0.1, 0.15) is 44.9 Å². The van der Waals surface area contributed by atoms with Crippen LogP contribution in [0.2, 0.25) is 0 Å². The molecule has 0 aliphatic heterocycles. The van der Waals surface area contributed by atoms with Crippen molar-refractivity contribution < 1.29 is 4.79 Å². The molecule has 3 heteroatoms. The lowest BCUT2D eigenvalue weighted by Gasteiger charge is -2.17. The van der Waals surface area contributed by atoms with Crippen molar-refractivity contribution in [2.24, 2.45) is 29.6 Å². The van der Waals surface area contributed by atoms with Crippen LogP contribution in [-0.4, -0.2) is 18.3 Å².